The van der Waals surface area contributed by atoms with E-state index in [0.29, 0.717) is 5.56 Å². The molecule has 0 radical (unpaired) electrons. The summed E-state index contributed by atoms with van der Waals surface area (Å²) >= 11 is 0. The summed E-state index contributed by atoms with van der Waals surface area (Å²) in [4.78, 5) is 12.6. The molecule has 0 bridgehead atoms. The van der Waals surface area contributed by atoms with Crippen LogP contribution in [0.5, 0.6) is 5.75 Å². The minimum atomic E-state index is -0.0986. The van der Waals surface area contributed by atoms with Crippen molar-refractivity contribution in [2.75, 3.05) is 0 Å². The number of nitrogens with zero attached hydrogens (tertiary/aromatic N) is 3. The van der Waals surface area contributed by atoms with Gasteiger partial charge in [0.1, 0.15) is 11.6 Å². The molecule has 0 aliphatic carbocycles. The van der Waals surface area contributed by atoms with Crippen molar-refractivity contribution in [3.63, 3.8) is 0 Å². The number of aromatic hydroxyl groups is 1. The smallest absolute Gasteiger partial charge is 0.350 e. The molecule has 2 aromatic rings. The molecule has 0 saturated carbocycles. The van der Waals surface area contributed by atoms with Gasteiger partial charge in [-0.2, -0.15) is 4.68 Å². The molecule has 5 nitrogen and oxygen atoms in total. The standard InChI is InChI=1S/C16H21N3O2/c1-9-10(2)14(12(4)15(20)11(9)3)19-16(21)18-8-6-5-7-13(18)17-19/h20H,5-8H2,1-4H3. The molecule has 3 rings (SSSR count). The van der Waals surface area contributed by atoms with Gasteiger partial charge in [-0.1, -0.05) is 0 Å². The van der Waals surface area contributed by atoms with Crippen LogP contribution in [0, 0.1) is 27.7 Å². The lowest BCUT2D eigenvalue weighted by Gasteiger charge is -2.16. The van der Waals surface area contributed by atoms with E-state index in [1.165, 1.54) is 4.68 Å². The molecule has 0 saturated heterocycles. The lowest BCUT2D eigenvalue weighted by Crippen LogP contribution is -2.27. The van der Waals surface area contributed by atoms with Crippen LogP contribution >= 0.6 is 0 Å². The van der Waals surface area contributed by atoms with E-state index >= 15 is 0 Å². The second kappa shape index (κ2) is 4.76. The van der Waals surface area contributed by atoms with E-state index in [-0.39, 0.29) is 11.4 Å². The fraction of sp³-hybridized carbons (Fsp3) is 0.500. The summed E-state index contributed by atoms with van der Waals surface area (Å²) in [6.45, 7) is 8.43. The number of aryl methyl sites for hydroxylation is 1. The van der Waals surface area contributed by atoms with E-state index in [9.17, 15) is 9.90 Å². The first-order valence-electron chi connectivity index (χ1n) is 7.42. The summed E-state index contributed by atoms with van der Waals surface area (Å²) in [5.74, 6) is 1.11. The molecule has 1 aromatic carbocycles. The first-order chi connectivity index (χ1) is 9.93. The van der Waals surface area contributed by atoms with Gasteiger partial charge in [-0.3, -0.25) is 4.57 Å². The zero-order valence-corrected chi connectivity index (χ0v) is 13.0. The average Bonchev–Trinajstić information content (AvgIpc) is 2.81. The van der Waals surface area contributed by atoms with Gasteiger partial charge in [-0.05, 0) is 57.2 Å². The van der Waals surface area contributed by atoms with E-state index in [2.05, 4.69) is 5.10 Å². The summed E-state index contributed by atoms with van der Waals surface area (Å²) in [6.07, 6.45) is 2.94. The first-order valence-corrected chi connectivity index (χ1v) is 7.42. The molecule has 0 fully saturated rings. The molecule has 1 aromatic heterocycles. The van der Waals surface area contributed by atoms with E-state index in [0.717, 1.165) is 54.0 Å². The Hall–Kier alpha value is -2.04. The number of hydrogen-bond acceptors (Lipinski definition) is 3. The van der Waals surface area contributed by atoms with Crippen molar-refractivity contribution in [3.8, 4) is 11.4 Å². The van der Waals surface area contributed by atoms with Gasteiger partial charge >= 0.3 is 5.69 Å². The molecule has 21 heavy (non-hydrogen) atoms. The minimum absolute atomic E-state index is 0.0986. The average molecular weight is 287 g/mol. The van der Waals surface area contributed by atoms with Gasteiger partial charge in [0.05, 0.1) is 5.69 Å². The number of fused-ring (bicyclic) bond motifs is 1. The predicted molar refractivity (Wildman–Crippen MR) is 81.4 cm³/mol. The van der Waals surface area contributed by atoms with E-state index < -0.39 is 0 Å². The Morgan fingerprint density at radius 2 is 1.71 bits per heavy atom. The van der Waals surface area contributed by atoms with Crippen LogP contribution in [0.15, 0.2) is 4.79 Å². The Morgan fingerprint density at radius 1 is 1.00 bits per heavy atom. The molecule has 0 atom stereocenters. The largest absolute Gasteiger partial charge is 0.507 e. The number of hydrogen-bond donors (Lipinski definition) is 1. The number of phenols is 1. The monoisotopic (exact) mass is 287 g/mol. The van der Waals surface area contributed by atoms with Crippen LogP contribution in [0.3, 0.4) is 0 Å². The summed E-state index contributed by atoms with van der Waals surface area (Å²) in [5, 5.41) is 14.8. The van der Waals surface area contributed by atoms with E-state index in [1.54, 1.807) is 4.57 Å². The Morgan fingerprint density at radius 3 is 2.38 bits per heavy atom. The Kier molecular flexibility index (Phi) is 3.15. The number of aromatic nitrogens is 3. The number of benzene rings is 1. The van der Waals surface area contributed by atoms with Crippen molar-refractivity contribution < 1.29 is 5.11 Å². The molecule has 5 heteroatoms. The molecule has 0 unspecified atom stereocenters. The van der Waals surface area contributed by atoms with Gasteiger partial charge in [0.15, 0.2) is 0 Å². The Labute approximate surface area is 123 Å². The zero-order chi connectivity index (χ0) is 15.3. The quantitative estimate of drug-likeness (QED) is 0.875. The Balaban J connectivity index is 2.32. The van der Waals surface area contributed by atoms with Crippen LogP contribution in [0.25, 0.3) is 5.69 Å². The molecule has 0 amide bonds. The number of phenolic OH excluding ortho intramolecular Hbond substituents is 1. The van der Waals surface area contributed by atoms with E-state index in [4.69, 9.17) is 0 Å². The molecule has 112 valence electrons. The normalized spacial score (nSPS) is 14.3. The second-order valence-electron chi connectivity index (χ2n) is 5.92. The van der Waals surface area contributed by atoms with Gasteiger partial charge in [-0.15, -0.1) is 5.10 Å². The predicted octanol–water partition coefficient (Wildman–Crippen LogP) is 2.31. The lowest BCUT2D eigenvalue weighted by atomic mass is 9.97. The van der Waals surface area contributed by atoms with Crippen LogP contribution in [0.1, 0.15) is 40.9 Å². The maximum atomic E-state index is 12.6. The fourth-order valence-electron chi connectivity index (χ4n) is 3.17. The van der Waals surface area contributed by atoms with Crippen molar-refractivity contribution >= 4 is 0 Å². The molecule has 1 N–H and O–H groups in total. The number of rotatable bonds is 1. The van der Waals surface area contributed by atoms with Crippen molar-refractivity contribution in [2.24, 2.45) is 0 Å². The van der Waals surface area contributed by atoms with Crippen LogP contribution in [-0.2, 0) is 13.0 Å². The highest BCUT2D eigenvalue weighted by Crippen LogP contribution is 2.33. The molecular formula is C16H21N3O2. The van der Waals surface area contributed by atoms with Crippen molar-refractivity contribution in [3.05, 3.63) is 38.6 Å². The van der Waals surface area contributed by atoms with E-state index in [1.807, 2.05) is 27.7 Å². The molecular weight excluding hydrogens is 266 g/mol. The maximum absolute atomic E-state index is 12.6. The summed E-state index contributed by atoms with van der Waals surface area (Å²) in [7, 11) is 0. The highest BCUT2D eigenvalue weighted by Gasteiger charge is 2.22. The highest BCUT2D eigenvalue weighted by atomic mass is 16.3. The summed E-state index contributed by atoms with van der Waals surface area (Å²) in [6, 6.07) is 0. The maximum Gasteiger partial charge on any atom is 0.350 e. The van der Waals surface area contributed by atoms with Gasteiger partial charge in [-0.25, -0.2) is 4.79 Å². The van der Waals surface area contributed by atoms with Gasteiger partial charge in [0, 0.05) is 18.5 Å². The molecule has 1 aliphatic heterocycles. The van der Waals surface area contributed by atoms with Gasteiger partial charge in [0.2, 0.25) is 0 Å². The van der Waals surface area contributed by atoms with Crippen LogP contribution in [0.2, 0.25) is 0 Å². The fourth-order valence-corrected chi connectivity index (χ4v) is 3.17. The van der Waals surface area contributed by atoms with Crippen LogP contribution in [-0.4, -0.2) is 19.5 Å². The minimum Gasteiger partial charge on any atom is -0.507 e. The third kappa shape index (κ3) is 1.91. The topological polar surface area (TPSA) is 60.0 Å². The Bertz CT molecular complexity index is 755. The zero-order valence-electron chi connectivity index (χ0n) is 13.0. The van der Waals surface area contributed by atoms with Gasteiger partial charge < -0.3 is 5.11 Å². The van der Waals surface area contributed by atoms with Crippen LogP contribution < -0.4 is 5.69 Å². The molecule has 0 spiro atoms. The van der Waals surface area contributed by atoms with Crippen molar-refractivity contribution in [2.45, 2.75) is 53.5 Å². The lowest BCUT2D eigenvalue weighted by molar-refractivity contribution is 0.465. The SMILES string of the molecule is Cc1c(C)c(O)c(C)c(-n2nc3n(c2=O)CCCC3)c1C. The highest BCUT2D eigenvalue weighted by molar-refractivity contribution is 5.60. The van der Waals surface area contributed by atoms with Crippen LogP contribution in [0.4, 0.5) is 0 Å². The van der Waals surface area contributed by atoms with Crippen molar-refractivity contribution in [1.82, 2.24) is 14.3 Å². The second-order valence-corrected chi connectivity index (χ2v) is 5.92. The summed E-state index contributed by atoms with van der Waals surface area (Å²) in [5.41, 5.74) is 4.21. The third-order valence-corrected chi connectivity index (χ3v) is 4.73. The van der Waals surface area contributed by atoms with Gasteiger partial charge in [0.25, 0.3) is 0 Å². The third-order valence-electron chi connectivity index (χ3n) is 4.73. The summed E-state index contributed by atoms with van der Waals surface area (Å²) < 4.78 is 3.23. The molecule has 2 heterocycles. The molecule has 1 aliphatic rings. The first kappa shape index (κ1) is 13.9. The van der Waals surface area contributed by atoms with Crippen molar-refractivity contribution in [1.29, 1.82) is 0 Å².